The van der Waals surface area contributed by atoms with E-state index in [4.69, 9.17) is 9.47 Å². The van der Waals surface area contributed by atoms with Gasteiger partial charge in [-0.25, -0.2) is 13.1 Å². The Balaban J connectivity index is 2.35. The van der Waals surface area contributed by atoms with Crippen molar-refractivity contribution in [3.05, 3.63) is 52.6 Å². The summed E-state index contributed by atoms with van der Waals surface area (Å²) in [5.41, 5.74) is 3.92. The minimum absolute atomic E-state index is 0.105. The molecule has 6 heteroatoms. The Morgan fingerprint density at radius 3 is 1.81 bits per heavy atom. The van der Waals surface area contributed by atoms with Gasteiger partial charge in [0.15, 0.2) is 11.5 Å². The molecule has 0 aliphatic rings. The number of hydrogen-bond acceptors (Lipinski definition) is 4. The van der Waals surface area contributed by atoms with Crippen molar-refractivity contribution in [2.75, 3.05) is 20.8 Å². The smallest absolute Gasteiger partial charge is 0.241 e. The van der Waals surface area contributed by atoms with Gasteiger partial charge in [-0.05, 0) is 58.6 Å². The van der Waals surface area contributed by atoms with Crippen molar-refractivity contribution >= 4 is 10.0 Å². The molecule has 5 nitrogen and oxygen atoms in total. The molecule has 0 unspecified atom stereocenters. The lowest BCUT2D eigenvalue weighted by Gasteiger charge is -2.23. The van der Waals surface area contributed by atoms with Gasteiger partial charge in [0, 0.05) is 6.54 Å². The van der Waals surface area contributed by atoms with E-state index in [1.165, 1.54) is 5.56 Å². The van der Waals surface area contributed by atoms with Crippen LogP contribution in [-0.2, 0) is 16.4 Å². The molecular formula is C25H37NO4S. The Kier molecular flexibility index (Phi) is 8.55. The van der Waals surface area contributed by atoms with E-state index >= 15 is 0 Å². The van der Waals surface area contributed by atoms with E-state index < -0.39 is 10.0 Å². The summed E-state index contributed by atoms with van der Waals surface area (Å²) in [4.78, 5) is 0.439. The Morgan fingerprint density at radius 1 is 0.806 bits per heavy atom. The minimum atomic E-state index is -3.66. The molecule has 2 aromatic rings. The lowest BCUT2D eigenvalue weighted by atomic mass is 9.89. The lowest BCUT2D eigenvalue weighted by Crippen LogP contribution is -2.28. The van der Waals surface area contributed by atoms with Crippen molar-refractivity contribution in [1.82, 2.24) is 4.72 Å². The van der Waals surface area contributed by atoms with Crippen molar-refractivity contribution in [1.29, 1.82) is 0 Å². The summed E-state index contributed by atoms with van der Waals surface area (Å²) in [6, 6.07) is 9.76. The summed E-state index contributed by atoms with van der Waals surface area (Å²) < 4.78 is 40.3. The van der Waals surface area contributed by atoms with E-state index in [1.807, 2.05) is 45.9 Å². The number of methoxy groups -OCH3 is 2. The fourth-order valence-electron chi connectivity index (χ4n) is 3.64. The van der Waals surface area contributed by atoms with Gasteiger partial charge in [0.2, 0.25) is 10.0 Å². The van der Waals surface area contributed by atoms with Gasteiger partial charge in [-0.1, -0.05) is 59.7 Å². The van der Waals surface area contributed by atoms with E-state index in [-0.39, 0.29) is 11.8 Å². The second kappa shape index (κ2) is 10.5. The summed E-state index contributed by atoms with van der Waals surface area (Å²) in [6.07, 6.45) is 0.553. The van der Waals surface area contributed by atoms with Gasteiger partial charge in [-0.2, -0.15) is 0 Å². The monoisotopic (exact) mass is 447 g/mol. The van der Waals surface area contributed by atoms with Crippen LogP contribution in [0.3, 0.4) is 0 Å². The molecule has 2 rings (SSSR count). The van der Waals surface area contributed by atoms with Crippen LogP contribution >= 0.6 is 0 Å². The van der Waals surface area contributed by atoms with E-state index in [2.05, 4.69) is 30.7 Å². The molecule has 0 fully saturated rings. The Labute approximate surface area is 188 Å². The summed E-state index contributed by atoms with van der Waals surface area (Å²) >= 11 is 0. The molecule has 0 aliphatic heterocycles. The highest BCUT2D eigenvalue weighted by molar-refractivity contribution is 7.89. The molecule has 1 N–H and O–H groups in total. The third-order valence-electron chi connectivity index (χ3n) is 5.50. The molecule has 31 heavy (non-hydrogen) atoms. The van der Waals surface area contributed by atoms with Gasteiger partial charge in [0.1, 0.15) is 0 Å². The van der Waals surface area contributed by atoms with Gasteiger partial charge >= 0.3 is 0 Å². The average Bonchev–Trinajstić information content (AvgIpc) is 2.72. The average molecular weight is 448 g/mol. The molecule has 172 valence electrons. The number of rotatable bonds is 10. The van der Waals surface area contributed by atoms with Crippen LogP contribution in [0.25, 0.3) is 0 Å². The SMILES string of the molecule is COc1ccc(CCNS(=O)(=O)c2c(C(C)C)cc(C(C)C)cc2C(C)C)cc1OC. The fourth-order valence-corrected chi connectivity index (χ4v) is 5.36. The first-order valence-corrected chi connectivity index (χ1v) is 12.4. The molecule has 0 amide bonds. The summed E-state index contributed by atoms with van der Waals surface area (Å²) in [6.45, 7) is 12.8. The van der Waals surface area contributed by atoms with Crippen LogP contribution < -0.4 is 14.2 Å². The Hall–Kier alpha value is -2.05. The van der Waals surface area contributed by atoms with Gasteiger partial charge in [0.05, 0.1) is 19.1 Å². The van der Waals surface area contributed by atoms with Crippen LogP contribution in [0.15, 0.2) is 35.2 Å². The molecule has 0 saturated carbocycles. The maximum Gasteiger partial charge on any atom is 0.241 e. The third-order valence-corrected chi connectivity index (χ3v) is 7.09. The molecule has 0 saturated heterocycles. The first-order valence-electron chi connectivity index (χ1n) is 10.9. The zero-order chi connectivity index (χ0) is 23.3. The minimum Gasteiger partial charge on any atom is -0.493 e. The first kappa shape index (κ1) is 25.2. The molecule has 0 radical (unpaired) electrons. The zero-order valence-corrected chi connectivity index (χ0v) is 20.9. The quantitative estimate of drug-likeness (QED) is 0.515. The number of ether oxygens (including phenoxy) is 2. The van der Waals surface area contributed by atoms with E-state index in [9.17, 15) is 8.42 Å². The van der Waals surface area contributed by atoms with Gasteiger partial charge in [-0.3, -0.25) is 0 Å². The highest BCUT2D eigenvalue weighted by Gasteiger charge is 2.26. The van der Waals surface area contributed by atoms with Crippen LogP contribution in [0.5, 0.6) is 11.5 Å². The Bertz CT molecular complexity index is 966. The van der Waals surface area contributed by atoms with Crippen molar-refractivity contribution < 1.29 is 17.9 Å². The molecule has 2 aromatic carbocycles. The molecule has 0 bridgehead atoms. The predicted molar refractivity (Wildman–Crippen MR) is 127 cm³/mol. The Morgan fingerprint density at radius 2 is 1.35 bits per heavy atom. The maximum absolute atomic E-state index is 13.4. The van der Waals surface area contributed by atoms with E-state index in [0.717, 1.165) is 16.7 Å². The van der Waals surface area contributed by atoms with Crippen LogP contribution in [0.1, 0.15) is 81.5 Å². The molecule has 0 aliphatic carbocycles. The van der Waals surface area contributed by atoms with Crippen molar-refractivity contribution in [2.24, 2.45) is 0 Å². The number of benzene rings is 2. The first-order chi connectivity index (χ1) is 14.5. The van der Waals surface area contributed by atoms with Crippen molar-refractivity contribution in [2.45, 2.75) is 70.6 Å². The van der Waals surface area contributed by atoms with Gasteiger partial charge in [-0.15, -0.1) is 0 Å². The third kappa shape index (κ3) is 6.01. The van der Waals surface area contributed by atoms with Crippen molar-refractivity contribution in [3.63, 3.8) is 0 Å². The largest absolute Gasteiger partial charge is 0.493 e. The predicted octanol–water partition coefficient (Wildman–Crippen LogP) is 5.60. The van der Waals surface area contributed by atoms with Crippen molar-refractivity contribution in [3.8, 4) is 11.5 Å². The van der Waals surface area contributed by atoms with Gasteiger partial charge < -0.3 is 9.47 Å². The normalized spacial score (nSPS) is 12.1. The summed E-state index contributed by atoms with van der Waals surface area (Å²) in [7, 11) is -0.477. The number of hydrogen-bond donors (Lipinski definition) is 1. The summed E-state index contributed by atoms with van der Waals surface area (Å²) in [5.74, 6) is 1.84. The number of nitrogens with one attached hydrogen (secondary N) is 1. The molecule has 0 spiro atoms. The second-order valence-electron chi connectivity index (χ2n) is 8.83. The van der Waals surface area contributed by atoms with Crippen LogP contribution in [0.2, 0.25) is 0 Å². The molecule has 0 heterocycles. The highest BCUT2D eigenvalue weighted by atomic mass is 32.2. The van der Waals surface area contributed by atoms with Gasteiger partial charge in [0.25, 0.3) is 0 Å². The topological polar surface area (TPSA) is 64.6 Å². The second-order valence-corrected chi connectivity index (χ2v) is 10.5. The standard InChI is InChI=1S/C25H37NO4S/c1-16(2)20-14-21(17(3)4)25(22(15-20)18(5)6)31(27,28)26-12-11-19-9-10-23(29-7)24(13-19)30-8/h9-10,13-18,26H,11-12H2,1-8H3. The molecule has 0 atom stereocenters. The zero-order valence-electron chi connectivity index (χ0n) is 20.1. The molecular weight excluding hydrogens is 410 g/mol. The van der Waals surface area contributed by atoms with Crippen LogP contribution in [-0.4, -0.2) is 29.2 Å². The highest BCUT2D eigenvalue weighted by Crippen LogP contribution is 2.35. The maximum atomic E-state index is 13.4. The van der Waals surface area contributed by atoms with Crippen LogP contribution in [0, 0.1) is 0 Å². The number of sulfonamides is 1. The van der Waals surface area contributed by atoms with Crippen LogP contribution in [0.4, 0.5) is 0 Å². The van der Waals surface area contributed by atoms with E-state index in [1.54, 1.807) is 14.2 Å². The molecule has 0 aromatic heterocycles. The summed E-state index contributed by atoms with van der Waals surface area (Å²) in [5, 5.41) is 0. The van der Waals surface area contributed by atoms with E-state index in [0.29, 0.717) is 35.3 Å². The fraction of sp³-hybridized carbons (Fsp3) is 0.520. The lowest BCUT2D eigenvalue weighted by molar-refractivity contribution is 0.354.